The molecule has 1 N–H and O–H groups in total. The molecule has 3 aromatic rings. The lowest BCUT2D eigenvalue weighted by atomic mass is 9.94. The van der Waals surface area contributed by atoms with Crippen LogP contribution in [-0.2, 0) is 11.4 Å². The molecule has 5 nitrogen and oxygen atoms in total. The number of pyridine rings is 1. The number of carboxylic acids is 1. The van der Waals surface area contributed by atoms with E-state index < -0.39 is 12.0 Å². The molecule has 0 bridgehead atoms. The third kappa shape index (κ3) is 5.12. The van der Waals surface area contributed by atoms with Crippen LogP contribution in [0, 0.1) is 6.92 Å². The molecule has 0 spiro atoms. The van der Waals surface area contributed by atoms with E-state index in [1.165, 1.54) is 0 Å². The molecule has 4 rings (SSSR count). The molecule has 1 aliphatic heterocycles. The summed E-state index contributed by atoms with van der Waals surface area (Å²) in [4.78, 5) is 18.8. The second-order valence-corrected chi connectivity index (χ2v) is 8.10. The zero-order valence-corrected chi connectivity index (χ0v) is 17.8. The summed E-state index contributed by atoms with van der Waals surface area (Å²) in [5, 5.41) is 9.87. The van der Waals surface area contributed by atoms with E-state index in [1.807, 2.05) is 79.9 Å². The lowest BCUT2D eigenvalue weighted by Crippen LogP contribution is -2.47. The fourth-order valence-corrected chi connectivity index (χ4v) is 4.22. The van der Waals surface area contributed by atoms with E-state index in [9.17, 15) is 9.90 Å². The van der Waals surface area contributed by atoms with Crippen LogP contribution in [0.4, 0.5) is 0 Å². The van der Waals surface area contributed by atoms with E-state index in [-0.39, 0.29) is 6.04 Å². The Bertz CT molecular complexity index is 1000. The summed E-state index contributed by atoms with van der Waals surface area (Å²) in [5.74, 6) is -0.00403. The van der Waals surface area contributed by atoms with Crippen molar-refractivity contribution >= 4 is 5.97 Å². The number of hydrogen-bond acceptors (Lipinski definition) is 4. The minimum atomic E-state index is -0.770. The number of aryl methyl sites for hydroxylation is 1. The number of aliphatic carboxylic acids is 1. The zero-order valence-electron chi connectivity index (χ0n) is 17.8. The first kappa shape index (κ1) is 21.1. The van der Waals surface area contributed by atoms with E-state index >= 15 is 0 Å². The molecule has 2 atom stereocenters. The first-order valence-corrected chi connectivity index (χ1v) is 10.8. The summed E-state index contributed by atoms with van der Waals surface area (Å²) in [6, 6.07) is 21.3. The van der Waals surface area contributed by atoms with Gasteiger partial charge in [0.2, 0.25) is 0 Å². The Balaban J connectivity index is 1.66. The Kier molecular flexibility index (Phi) is 6.63. The Hall–Kier alpha value is -3.18. The van der Waals surface area contributed by atoms with Crippen molar-refractivity contribution in [3.05, 3.63) is 95.3 Å². The van der Waals surface area contributed by atoms with Gasteiger partial charge in [0, 0.05) is 6.20 Å². The van der Waals surface area contributed by atoms with Crippen LogP contribution in [0.3, 0.4) is 0 Å². The van der Waals surface area contributed by atoms with Crippen LogP contribution < -0.4 is 4.74 Å². The maximum absolute atomic E-state index is 12.0. The third-order valence-electron chi connectivity index (χ3n) is 5.80. The Morgan fingerprint density at radius 2 is 1.97 bits per heavy atom. The molecule has 31 heavy (non-hydrogen) atoms. The highest BCUT2D eigenvalue weighted by Gasteiger charge is 2.35. The molecule has 1 fully saturated rings. The number of benzene rings is 2. The molecule has 2 heterocycles. The van der Waals surface area contributed by atoms with E-state index in [2.05, 4.69) is 9.88 Å². The van der Waals surface area contributed by atoms with Crippen molar-refractivity contribution < 1.29 is 14.6 Å². The average Bonchev–Trinajstić information content (AvgIpc) is 2.80. The van der Waals surface area contributed by atoms with Crippen molar-refractivity contribution in [1.82, 2.24) is 9.88 Å². The van der Waals surface area contributed by atoms with Crippen molar-refractivity contribution in [3.8, 4) is 5.75 Å². The highest BCUT2D eigenvalue weighted by Crippen LogP contribution is 2.35. The monoisotopic (exact) mass is 416 g/mol. The molecule has 0 amide bonds. The molecule has 1 aromatic heterocycles. The number of ether oxygens (including phenoxy) is 1. The molecule has 5 heteroatoms. The molecule has 1 saturated heterocycles. The maximum atomic E-state index is 12.0. The van der Waals surface area contributed by atoms with Crippen LogP contribution in [-0.4, -0.2) is 33.5 Å². The van der Waals surface area contributed by atoms with Gasteiger partial charge in [0.05, 0.1) is 11.7 Å². The quantitative estimate of drug-likeness (QED) is 0.587. The predicted molar refractivity (Wildman–Crippen MR) is 120 cm³/mol. The summed E-state index contributed by atoms with van der Waals surface area (Å²) in [5.41, 5.74) is 4.04. The number of carbonyl (C=O) groups is 1. The van der Waals surface area contributed by atoms with Crippen LogP contribution in [0.15, 0.2) is 72.9 Å². The van der Waals surface area contributed by atoms with Gasteiger partial charge in [0.15, 0.2) is 0 Å². The van der Waals surface area contributed by atoms with Gasteiger partial charge < -0.3 is 9.84 Å². The van der Waals surface area contributed by atoms with Gasteiger partial charge >= 0.3 is 5.97 Å². The fraction of sp³-hybridized carbons (Fsp3) is 0.308. The third-order valence-corrected chi connectivity index (χ3v) is 5.80. The highest BCUT2D eigenvalue weighted by atomic mass is 16.5. The van der Waals surface area contributed by atoms with Crippen molar-refractivity contribution in [2.45, 2.75) is 44.9 Å². The highest BCUT2D eigenvalue weighted by molar-refractivity contribution is 5.73. The number of aromatic nitrogens is 1. The van der Waals surface area contributed by atoms with Crippen molar-refractivity contribution in [2.75, 3.05) is 6.54 Å². The number of rotatable bonds is 7. The summed E-state index contributed by atoms with van der Waals surface area (Å²) in [6.45, 7) is 3.22. The van der Waals surface area contributed by atoms with E-state index in [1.54, 1.807) is 0 Å². The lowest BCUT2D eigenvalue weighted by Gasteiger charge is -2.39. The Labute approximate surface area is 183 Å². The molecule has 1 aliphatic rings. The van der Waals surface area contributed by atoms with E-state index in [0.29, 0.717) is 13.0 Å². The fourth-order valence-electron chi connectivity index (χ4n) is 4.22. The number of likely N-dealkylation sites (tertiary alicyclic amines) is 1. The summed E-state index contributed by atoms with van der Waals surface area (Å²) in [6.07, 6.45) is 4.41. The van der Waals surface area contributed by atoms with Gasteiger partial charge in [-0.25, -0.2) is 0 Å². The predicted octanol–water partition coefficient (Wildman–Crippen LogP) is 5.00. The van der Waals surface area contributed by atoms with Gasteiger partial charge in [-0.3, -0.25) is 14.7 Å². The zero-order chi connectivity index (χ0) is 21.6. The molecule has 0 aliphatic carbocycles. The lowest BCUT2D eigenvalue weighted by molar-refractivity contribution is -0.145. The molecular formula is C26H28N2O3. The number of piperidine rings is 1. The smallest absolute Gasteiger partial charge is 0.320 e. The minimum Gasteiger partial charge on any atom is -0.489 e. The normalized spacial score (nSPS) is 17.8. The SMILES string of the molecule is Cc1ccc(C(c2cccc(OCc3ccccc3)c2)N2CCCCC2C(=O)O)nc1. The van der Waals surface area contributed by atoms with Gasteiger partial charge in [0.1, 0.15) is 18.4 Å². The molecular weight excluding hydrogens is 388 g/mol. The van der Waals surface area contributed by atoms with Crippen LogP contribution in [0.1, 0.15) is 47.7 Å². The number of carboxylic acid groups (broad SMARTS) is 1. The Morgan fingerprint density at radius 1 is 1.13 bits per heavy atom. The first-order chi connectivity index (χ1) is 15.1. The van der Waals surface area contributed by atoms with Crippen LogP contribution >= 0.6 is 0 Å². The van der Waals surface area contributed by atoms with Crippen LogP contribution in [0.2, 0.25) is 0 Å². The van der Waals surface area contributed by atoms with Crippen molar-refractivity contribution in [2.24, 2.45) is 0 Å². The van der Waals surface area contributed by atoms with Crippen LogP contribution in [0.5, 0.6) is 5.75 Å². The van der Waals surface area contributed by atoms with Crippen molar-refractivity contribution in [1.29, 1.82) is 0 Å². The van der Waals surface area contributed by atoms with E-state index in [4.69, 9.17) is 4.74 Å². The topological polar surface area (TPSA) is 62.7 Å². The summed E-state index contributed by atoms with van der Waals surface area (Å²) < 4.78 is 6.04. The summed E-state index contributed by atoms with van der Waals surface area (Å²) >= 11 is 0. The molecule has 0 radical (unpaired) electrons. The standard InChI is InChI=1S/C26H28N2O3/c1-19-13-14-23(27-17-19)25(28-15-6-5-12-24(28)26(29)30)21-10-7-11-22(16-21)31-18-20-8-3-2-4-9-20/h2-4,7-11,13-14,16-17,24-25H,5-6,12,15,18H2,1H3,(H,29,30). The largest absolute Gasteiger partial charge is 0.489 e. The second kappa shape index (κ2) is 9.75. The maximum Gasteiger partial charge on any atom is 0.320 e. The van der Waals surface area contributed by atoms with Gasteiger partial charge in [-0.05, 0) is 61.2 Å². The number of hydrogen-bond donors (Lipinski definition) is 1. The minimum absolute atomic E-state index is 0.234. The second-order valence-electron chi connectivity index (χ2n) is 8.10. The average molecular weight is 417 g/mol. The van der Waals surface area contributed by atoms with Gasteiger partial charge in [0.25, 0.3) is 0 Å². The number of nitrogens with zero attached hydrogens (tertiary/aromatic N) is 2. The Morgan fingerprint density at radius 3 is 2.71 bits per heavy atom. The molecule has 2 unspecified atom stereocenters. The first-order valence-electron chi connectivity index (χ1n) is 10.8. The van der Waals surface area contributed by atoms with E-state index in [0.717, 1.165) is 47.5 Å². The van der Waals surface area contributed by atoms with Crippen LogP contribution in [0.25, 0.3) is 0 Å². The van der Waals surface area contributed by atoms with Crippen molar-refractivity contribution in [3.63, 3.8) is 0 Å². The molecule has 2 aromatic carbocycles. The molecule has 160 valence electrons. The van der Waals surface area contributed by atoms with Gasteiger partial charge in [-0.15, -0.1) is 0 Å². The molecule has 0 saturated carbocycles. The summed E-state index contributed by atoms with van der Waals surface area (Å²) in [7, 11) is 0. The van der Waals surface area contributed by atoms with Gasteiger partial charge in [-0.1, -0.05) is 55.0 Å². The van der Waals surface area contributed by atoms with Gasteiger partial charge in [-0.2, -0.15) is 0 Å².